The van der Waals surface area contributed by atoms with Gasteiger partial charge >= 0.3 is 0 Å². The molecule has 1 aliphatic rings. The smallest absolute Gasteiger partial charge is 0.0326 e. The van der Waals surface area contributed by atoms with E-state index in [9.17, 15) is 0 Å². The maximum Gasteiger partial charge on any atom is 0.0326 e. The van der Waals surface area contributed by atoms with Crippen molar-refractivity contribution in [3.63, 3.8) is 0 Å². The monoisotopic (exact) mass is 251 g/mol. The van der Waals surface area contributed by atoms with Crippen LogP contribution in [0, 0.1) is 6.92 Å². The third-order valence-electron chi connectivity index (χ3n) is 4.04. The second kappa shape index (κ2) is 5.58. The minimum atomic E-state index is 0.520. The maximum absolute atomic E-state index is 3.71. The Morgan fingerprint density at radius 1 is 1.05 bits per heavy atom. The summed E-state index contributed by atoms with van der Waals surface area (Å²) in [6.07, 6.45) is 3.78. The molecule has 1 unspecified atom stereocenters. The molecular weight excluding hydrogens is 230 g/mol. The molecule has 1 aliphatic carbocycles. The fourth-order valence-corrected chi connectivity index (χ4v) is 2.91. The Bertz CT molecular complexity index is 542. The minimum absolute atomic E-state index is 0.520. The zero-order valence-corrected chi connectivity index (χ0v) is 11.5. The molecule has 0 radical (unpaired) electrons. The average molecular weight is 251 g/mol. The molecule has 98 valence electrons. The molecule has 1 nitrogen and oxygen atoms in total. The molecule has 0 saturated heterocycles. The summed E-state index contributed by atoms with van der Waals surface area (Å²) in [7, 11) is 0. The van der Waals surface area contributed by atoms with E-state index in [2.05, 4.69) is 60.8 Å². The SMILES string of the molecule is Cc1ccc(CNC2CCCc3ccccc32)cc1. The van der Waals surface area contributed by atoms with Gasteiger partial charge in [0.2, 0.25) is 0 Å². The molecule has 0 aliphatic heterocycles. The van der Waals surface area contributed by atoms with E-state index in [-0.39, 0.29) is 0 Å². The first kappa shape index (κ1) is 12.4. The van der Waals surface area contributed by atoms with Crippen LogP contribution >= 0.6 is 0 Å². The number of hydrogen-bond acceptors (Lipinski definition) is 1. The van der Waals surface area contributed by atoms with Gasteiger partial charge in [-0.3, -0.25) is 0 Å². The highest BCUT2D eigenvalue weighted by Gasteiger charge is 2.18. The van der Waals surface area contributed by atoms with Crippen molar-refractivity contribution in [3.8, 4) is 0 Å². The number of aryl methyl sites for hydroxylation is 2. The van der Waals surface area contributed by atoms with Crippen LogP contribution in [0.1, 0.15) is 41.1 Å². The molecule has 0 saturated carbocycles. The molecule has 0 heterocycles. The first-order valence-corrected chi connectivity index (χ1v) is 7.19. The van der Waals surface area contributed by atoms with Crippen molar-refractivity contribution in [2.75, 3.05) is 0 Å². The summed E-state index contributed by atoms with van der Waals surface area (Å²) < 4.78 is 0. The summed E-state index contributed by atoms with van der Waals surface area (Å²) in [6.45, 7) is 3.09. The van der Waals surface area contributed by atoms with Gasteiger partial charge in [0.05, 0.1) is 0 Å². The van der Waals surface area contributed by atoms with Crippen LogP contribution in [0.15, 0.2) is 48.5 Å². The van der Waals surface area contributed by atoms with E-state index in [1.54, 1.807) is 0 Å². The standard InChI is InChI=1S/C18H21N/c1-14-9-11-15(12-10-14)13-19-18-8-4-6-16-5-2-3-7-17(16)18/h2-3,5,7,9-12,18-19H,4,6,8,13H2,1H3. The molecule has 0 spiro atoms. The number of fused-ring (bicyclic) bond motifs is 1. The molecule has 1 N–H and O–H groups in total. The fraction of sp³-hybridized carbons (Fsp3) is 0.333. The van der Waals surface area contributed by atoms with Crippen LogP contribution in [0.5, 0.6) is 0 Å². The predicted octanol–water partition coefficient (Wildman–Crippen LogP) is 4.16. The summed E-state index contributed by atoms with van der Waals surface area (Å²) in [6, 6.07) is 18.2. The van der Waals surface area contributed by atoms with Crippen molar-refractivity contribution in [3.05, 3.63) is 70.8 Å². The summed E-state index contributed by atoms with van der Waals surface area (Å²) in [5.74, 6) is 0. The topological polar surface area (TPSA) is 12.0 Å². The molecule has 0 aromatic heterocycles. The average Bonchev–Trinajstić information content (AvgIpc) is 2.47. The van der Waals surface area contributed by atoms with E-state index in [1.807, 2.05) is 0 Å². The van der Waals surface area contributed by atoms with Gasteiger partial charge in [0, 0.05) is 12.6 Å². The molecule has 0 amide bonds. The lowest BCUT2D eigenvalue weighted by atomic mass is 9.87. The molecule has 0 fully saturated rings. The summed E-state index contributed by atoms with van der Waals surface area (Å²) in [5, 5.41) is 3.71. The minimum Gasteiger partial charge on any atom is -0.306 e. The second-order valence-electron chi connectivity index (χ2n) is 5.51. The van der Waals surface area contributed by atoms with E-state index in [0.717, 1.165) is 6.54 Å². The fourth-order valence-electron chi connectivity index (χ4n) is 2.91. The number of rotatable bonds is 3. The van der Waals surface area contributed by atoms with Gasteiger partial charge in [0.25, 0.3) is 0 Å². The molecule has 2 aromatic rings. The zero-order chi connectivity index (χ0) is 13.1. The van der Waals surface area contributed by atoms with Gasteiger partial charge in [-0.25, -0.2) is 0 Å². The highest BCUT2D eigenvalue weighted by molar-refractivity contribution is 5.32. The maximum atomic E-state index is 3.71. The van der Waals surface area contributed by atoms with Gasteiger partial charge in [-0.15, -0.1) is 0 Å². The third-order valence-corrected chi connectivity index (χ3v) is 4.04. The van der Waals surface area contributed by atoms with Crippen molar-refractivity contribution >= 4 is 0 Å². The Kier molecular flexibility index (Phi) is 3.65. The van der Waals surface area contributed by atoms with E-state index >= 15 is 0 Å². The Morgan fingerprint density at radius 2 is 1.84 bits per heavy atom. The lowest BCUT2D eigenvalue weighted by molar-refractivity contribution is 0.459. The van der Waals surface area contributed by atoms with E-state index in [4.69, 9.17) is 0 Å². The van der Waals surface area contributed by atoms with Crippen LogP contribution in [0.3, 0.4) is 0 Å². The molecular formula is C18H21N. The zero-order valence-electron chi connectivity index (χ0n) is 11.5. The van der Waals surface area contributed by atoms with Gasteiger partial charge in [-0.1, -0.05) is 54.1 Å². The van der Waals surface area contributed by atoms with Crippen molar-refractivity contribution < 1.29 is 0 Å². The number of benzene rings is 2. The summed E-state index contributed by atoms with van der Waals surface area (Å²) >= 11 is 0. The molecule has 3 rings (SSSR count). The number of nitrogens with one attached hydrogen (secondary N) is 1. The summed E-state index contributed by atoms with van der Waals surface area (Å²) in [4.78, 5) is 0. The van der Waals surface area contributed by atoms with Crippen molar-refractivity contribution in [2.45, 2.75) is 38.8 Å². The highest BCUT2D eigenvalue weighted by atomic mass is 14.9. The van der Waals surface area contributed by atoms with Gasteiger partial charge in [0.15, 0.2) is 0 Å². The highest BCUT2D eigenvalue weighted by Crippen LogP contribution is 2.29. The second-order valence-corrected chi connectivity index (χ2v) is 5.51. The van der Waals surface area contributed by atoms with Gasteiger partial charge in [-0.2, -0.15) is 0 Å². The van der Waals surface area contributed by atoms with Crippen LogP contribution < -0.4 is 5.32 Å². The Hall–Kier alpha value is -1.60. The van der Waals surface area contributed by atoms with Gasteiger partial charge in [-0.05, 0) is 42.9 Å². The molecule has 19 heavy (non-hydrogen) atoms. The molecule has 1 atom stereocenters. The molecule has 1 heteroatoms. The van der Waals surface area contributed by atoms with E-state index in [1.165, 1.54) is 41.5 Å². The Morgan fingerprint density at radius 3 is 2.68 bits per heavy atom. The number of hydrogen-bond donors (Lipinski definition) is 1. The van der Waals surface area contributed by atoms with Gasteiger partial charge < -0.3 is 5.32 Å². The molecule has 2 aromatic carbocycles. The van der Waals surface area contributed by atoms with Crippen molar-refractivity contribution in [2.24, 2.45) is 0 Å². The van der Waals surface area contributed by atoms with E-state index < -0.39 is 0 Å². The lowest BCUT2D eigenvalue weighted by Crippen LogP contribution is -2.24. The van der Waals surface area contributed by atoms with Crippen LogP contribution in [-0.2, 0) is 13.0 Å². The first-order valence-electron chi connectivity index (χ1n) is 7.19. The molecule has 0 bridgehead atoms. The van der Waals surface area contributed by atoms with Crippen molar-refractivity contribution in [1.82, 2.24) is 5.32 Å². The van der Waals surface area contributed by atoms with Crippen molar-refractivity contribution in [1.29, 1.82) is 0 Å². The van der Waals surface area contributed by atoms with Crippen LogP contribution in [0.4, 0.5) is 0 Å². The third kappa shape index (κ3) is 2.87. The van der Waals surface area contributed by atoms with E-state index in [0.29, 0.717) is 6.04 Å². The summed E-state index contributed by atoms with van der Waals surface area (Å²) in [5.41, 5.74) is 5.72. The Labute approximate surface area is 115 Å². The van der Waals surface area contributed by atoms with Gasteiger partial charge in [0.1, 0.15) is 0 Å². The Balaban J connectivity index is 1.69. The lowest BCUT2D eigenvalue weighted by Gasteiger charge is -2.26. The van der Waals surface area contributed by atoms with Crippen LogP contribution in [0.2, 0.25) is 0 Å². The quantitative estimate of drug-likeness (QED) is 0.863. The van der Waals surface area contributed by atoms with Crippen LogP contribution in [-0.4, -0.2) is 0 Å². The van der Waals surface area contributed by atoms with Crippen LogP contribution in [0.25, 0.3) is 0 Å². The normalized spacial score (nSPS) is 18.1. The first-order chi connectivity index (χ1) is 9.33. The largest absolute Gasteiger partial charge is 0.306 e. The predicted molar refractivity (Wildman–Crippen MR) is 80.1 cm³/mol.